The summed E-state index contributed by atoms with van der Waals surface area (Å²) >= 11 is 1.15. The second kappa shape index (κ2) is 6.97. The molecule has 0 aliphatic carbocycles. The molecule has 0 aromatic carbocycles. The van der Waals surface area contributed by atoms with E-state index in [1.54, 1.807) is 0 Å². The predicted molar refractivity (Wildman–Crippen MR) is 72.8 cm³/mol. The van der Waals surface area contributed by atoms with Crippen molar-refractivity contribution < 1.29 is 4.79 Å². The van der Waals surface area contributed by atoms with Crippen LogP contribution in [0.1, 0.15) is 50.8 Å². The SMILES string of the molecule is CCCCNC(=O)Nc1snc(C(C)C)c1C#N. The minimum absolute atomic E-state index is 0.176. The van der Waals surface area contributed by atoms with Crippen molar-refractivity contribution in [1.82, 2.24) is 9.69 Å². The van der Waals surface area contributed by atoms with E-state index in [2.05, 4.69) is 28.0 Å². The van der Waals surface area contributed by atoms with Crippen molar-refractivity contribution in [3.8, 4) is 6.07 Å². The first-order valence-electron chi connectivity index (χ1n) is 6.04. The summed E-state index contributed by atoms with van der Waals surface area (Å²) in [4.78, 5) is 11.6. The van der Waals surface area contributed by atoms with Crippen molar-refractivity contribution in [1.29, 1.82) is 5.26 Å². The van der Waals surface area contributed by atoms with Crippen molar-refractivity contribution in [3.63, 3.8) is 0 Å². The van der Waals surface area contributed by atoms with Gasteiger partial charge in [-0.15, -0.1) is 0 Å². The largest absolute Gasteiger partial charge is 0.338 e. The first-order valence-corrected chi connectivity index (χ1v) is 6.82. The molecule has 1 heterocycles. The van der Waals surface area contributed by atoms with E-state index < -0.39 is 0 Å². The summed E-state index contributed by atoms with van der Waals surface area (Å²) < 4.78 is 4.21. The van der Waals surface area contributed by atoms with Crippen LogP contribution in [-0.4, -0.2) is 16.9 Å². The minimum atomic E-state index is -0.279. The highest BCUT2D eigenvalue weighted by atomic mass is 32.1. The molecule has 0 unspecified atom stereocenters. The first kappa shape index (κ1) is 14.5. The Balaban J connectivity index is 2.68. The van der Waals surface area contributed by atoms with E-state index in [0.717, 1.165) is 30.1 Å². The van der Waals surface area contributed by atoms with E-state index in [1.807, 2.05) is 13.8 Å². The summed E-state index contributed by atoms with van der Waals surface area (Å²) in [6, 6.07) is 1.82. The Hall–Kier alpha value is -1.61. The summed E-state index contributed by atoms with van der Waals surface area (Å²) in [5.74, 6) is 0.176. The number of nitrogens with one attached hydrogen (secondary N) is 2. The van der Waals surface area contributed by atoms with Crippen LogP contribution in [0.5, 0.6) is 0 Å². The van der Waals surface area contributed by atoms with Crippen LogP contribution in [0.25, 0.3) is 0 Å². The van der Waals surface area contributed by atoms with Gasteiger partial charge in [-0.05, 0) is 23.9 Å². The maximum atomic E-state index is 11.6. The summed E-state index contributed by atoms with van der Waals surface area (Å²) in [7, 11) is 0. The quantitative estimate of drug-likeness (QED) is 0.804. The van der Waals surface area contributed by atoms with Gasteiger partial charge in [0.25, 0.3) is 0 Å². The van der Waals surface area contributed by atoms with Crippen LogP contribution in [0.4, 0.5) is 9.80 Å². The van der Waals surface area contributed by atoms with Crippen LogP contribution in [0.3, 0.4) is 0 Å². The van der Waals surface area contributed by atoms with Crippen molar-refractivity contribution in [3.05, 3.63) is 11.3 Å². The summed E-state index contributed by atoms with van der Waals surface area (Å²) in [6.45, 7) is 6.65. The van der Waals surface area contributed by atoms with Crippen molar-refractivity contribution >= 4 is 22.6 Å². The number of carbonyl (C=O) groups is 1. The Kier molecular flexibility index (Phi) is 5.59. The van der Waals surface area contributed by atoms with Gasteiger partial charge < -0.3 is 5.32 Å². The third-order valence-electron chi connectivity index (χ3n) is 2.42. The normalized spacial score (nSPS) is 10.2. The molecule has 2 N–H and O–H groups in total. The Morgan fingerprint density at radius 2 is 2.28 bits per heavy atom. The fourth-order valence-corrected chi connectivity index (χ4v) is 2.29. The van der Waals surface area contributed by atoms with Crippen LogP contribution in [0, 0.1) is 11.3 Å². The van der Waals surface area contributed by atoms with Gasteiger partial charge in [0.2, 0.25) is 0 Å². The molecule has 0 atom stereocenters. The molecule has 2 amide bonds. The van der Waals surface area contributed by atoms with Gasteiger partial charge >= 0.3 is 6.03 Å². The molecule has 1 aromatic heterocycles. The minimum Gasteiger partial charge on any atom is -0.338 e. The number of hydrogen-bond acceptors (Lipinski definition) is 4. The Bertz CT molecular complexity index is 447. The molecule has 0 bridgehead atoms. The summed E-state index contributed by atoms with van der Waals surface area (Å²) in [5, 5.41) is 15.1. The van der Waals surface area contributed by atoms with Crippen LogP contribution in [0.2, 0.25) is 0 Å². The number of rotatable bonds is 5. The third-order valence-corrected chi connectivity index (χ3v) is 3.20. The lowest BCUT2D eigenvalue weighted by atomic mass is 10.1. The zero-order valence-electron chi connectivity index (χ0n) is 10.9. The van der Waals surface area contributed by atoms with Gasteiger partial charge in [-0.25, -0.2) is 4.79 Å². The highest BCUT2D eigenvalue weighted by molar-refractivity contribution is 7.10. The monoisotopic (exact) mass is 266 g/mol. The zero-order chi connectivity index (χ0) is 13.5. The van der Waals surface area contributed by atoms with Crippen LogP contribution in [0.15, 0.2) is 0 Å². The van der Waals surface area contributed by atoms with Crippen LogP contribution in [-0.2, 0) is 0 Å². The number of aromatic nitrogens is 1. The van der Waals surface area contributed by atoms with Crippen molar-refractivity contribution in [2.75, 3.05) is 11.9 Å². The second-order valence-corrected chi connectivity index (χ2v) is 5.05. The average molecular weight is 266 g/mol. The maximum Gasteiger partial charge on any atom is 0.319 e. The molecular weight excluding hydrogens is 248 g/mol. The lowest BCUT2D eigenvalue weighted by molar-refractivity contribution is 0.252. The van der Waals surface area contributed by atoms with E-state index in [9.17, 15) is 4.79 Å². The molecule has 98 valence electrons. The molecule has 0 fully saturated rings. The lowest BCUT2D eigenvalue weighted by Crippen LogP contribution is -2.29. The van der Waals surface area contributed by atoms with E-state index in [4.69, 9.17) is 5.26 Å². The molecule has 0 saturated heterocycles. The van der Waals surface area contributed by atoms with Crippen molar-refractivity contribution in [2.24, 2.45) is 0 Å². The average Bonchev–Trinajstić information content (AvgIpc) is 2.72. The number of amides is 2. The van der Waals surface area contributed by atoms with Crippen LogP contribution >= 0.6 is 11.5 Å². The van der Waals surface area contributed by atoms with Gasteiger partial charge in [0.1, 0.15) is 16.6 Å². The van der Waals surface area contributed by atoms with E-state index in [0.29, 0.717) is 17.1 Å². The fourth-order valence-electron chi connectivity index (χ4n) is 1.42. The molecule has 1 aromatic rings. The first-order chi connectivity index (χ1) is 8.60. The number of anilines is 1. The molecular formula is C12H18N4OS. The lowest BCUT2D eigenvalue weighted by Gasteiger charge is -2.05. The number of unbranched alkanes of at least 4 members (excludes halogenated alkanes) is 1. The Labute approximate surface area is 111 Å². The summed E-state index contributed by atoms with van der Waals surface area (Å²) in [6.07, 6.45) is 1.97. The number of nitriles is 1. The molecule has 5 nitrogen and oxygen atoms in total. The third kappa shape index (κ3) is 3.70. The zero-order valence-corrected chi connectivity index (χ0v) is 11.7. The molecule has 0 spiro atoms. The number of urea groups is 1. The highest BCUT2D eigenvalue weighted by Gasteiger charge is 2.17. The van der Waals surface area contributed by atoms with E-state index in [1.165, 1.54) is 0 Å². The second-order valence-electron chi connectivity index (χ2n) is 4.27. The van der Waals surface area contributed by atoms with Gasteiger partial charge in [-0.3, -0.25) is 5.32 Å². The molecule has 18 heavy (non-hydrogen) atoms. The van der Waals surface area contributed by atoms with E-state index >= 15 is 0 Å². The van der Waals surface area contributed by atoms with Crippen LogP contribution < -0.4 is 10.6 Å². The molecule has 0 saturated carbocycles. The molecule has 0 aliphatic rings. The predicted octanol–water partition coefficient (Wildman–Crippen LogP) is 3.06. The smallest absolute Gasteiger partial charge is 0.319 e. The number of carbonyl (C=O) groups excluding carboxylic acids is 1. The number of nitrogens with zero attached hydrogens (tertiary/aromatic N) is 2. The van der Waals surface area contributed by atoms with Gasteiger partial charge in [0, 0.05) is 6.54 Å². The number of hydrogen-bond donors (Lipinski definition) is 2. The highest BCUT2D eigenvalue weighted by Crippen LogP contribution is 2.28. The Morgan fingerprint density at radius 3 is 2.83 bits per heavy atom. The molecule has 1 rings (SSSR count). The van der Waals surface area contributed by atoms with Gasteiger partial charge in [-0.2, -0.15) is 9.64 Å². The maximum absolute atomic E-state index is 11.6. The standard InChI is InChI=1S/C12H18N4OS/c1-4-5-6-14-12(17)15-11-9(7-13)10(8(2)3)16-18-11/h8H,4-6H2,1-3H3,(H2,14,15,17). The van der Waals surface area contributed by atoms with Crippen molar-refractivity contribution in [2.45, 2.75) is 39.5 Å². The van der Waals surface area contributed by atoms with Gasteiger partial charge in [-0.1, -0.05) is 27.2 Å². The van der Waals surface area contributed by atoms with Gasteiger partial charge in [0.05, 0.1) is 5.69 Å². The fraction of sp³-hybridized carbons (Fsp3) is 0.583. The topological polar surface area (TPSA) is 77.8 Å². The Morgan fingerprint density at radius 1 is 1.56 bits per heavy atom. The van der Waals surface area contributed by atoms with Gasteiger partial charge in [0.15, 0.2) is 0 Å². The molecule has 0 radical (unpaired) electrons. The van der Waals surface area contributed by atoms with E-state index in [-0.39, 0.29) is 11.9 Å². The molecule has 0 aliphatic heterocycles. The summed E-state index contributed by atoms with van der Waals surface area (Å²) in [5.41, 5.74) is 1.21. The molecule has 6 heteroatoms.